The highest BCUT2D eigenvalue weighted by atomic mass is 16.2. The van der Waals surface area contributed by atoms with E-state index in [1.165, 1.54) is 5.56 Å². The SMILES string of the molecule is O=C1CN(C(=O)C2CNc3ccccc3C2)CCCN1. The zero-order valence-corrected chi connectivity index (χ0v) is 11.4. The monoisotopic (exact) mass is 273 g/mol. The molecule has 1 unspecified atom stereocenters. The first-order valence-corrected chi connectivity index (χ1v) is 7.11. The molecule has 5 heteroatoms. The number of rotatable bonds is 1. The van der Waals surface area contributed by atoms with Gasteiger partial charge in [0.25, 0.3) is 0 Å². The molecule has 0 radical (unpaired) electrons. The highest BCUT2D eigenvalue weighted by Crippen LogP contribution is 2.25. The maximum absolute atomic E-state index is 12.6. The molecule has 2 amide bonds. The van der Waals surface area contributed by atoms with Crippen molar-refractivity contribution >= 4 is 17.5 Å². The van der Waals surface area contributed by atoms with Crippen LogP contribution in [0.25, 0.3) is 0 Å². The third-order valence-electron chi connectivity index (χ3n) is 3.94. The summed E-state index contributed by atoms with van der Waals surface area (Å²) < 4.78 is 0. The van der Waals surface area contributed by atoms with Crippen LogP contribution in [0.3, 0.4) is 0 Å². The van der Waals surface area contributed by atoms with Gasteiger partial charge in [-0.25, -0.2) is 0 Å². The summed E-state index contributed by atoms with van der Waals surface area (Å²) in [5.41, 5.74) is 2.29. The normalized spacial score (nSPS) is 22.3. The smallest absolute Gasteiger partial charge is 0.239 e. The molecule has 106 valence electrons. The van der Waals surface area contributed by atoms with Gasteiger partial charge in [-0.15, -0.1) is 0 Å². The lowest BCUT2D eigenvalue weighted by atomic mass is 9.93. The molecule has 5 nitrogen and oxygen atoms in total. The van der Waals surface area contributed by atoms with Gasteiger partial charge in [0, 0.05) is 25.3 Å². The van der Waals surface area contributed by atoms with Crippen LogP contribution in [0.1, 0.15) is 12.0 Å². The van der Waals surface area contributed by atoms with E-state index in [1.54, 1.807) is 4.90 Å². The maximum atomic E-state index is 12.6. The van der Waals surface area contributed by atoms with Gasteiger partial charge in [0.1, 0.15) is 0 Å². The van der Waals surface area contributed by atoms with E-state index in [9.17, 15) is 9.59 Å². The summed E-state index contributed by atoms with van der Waals surface area (Å²) >= 11 is 0. The fourth-order valence-electron chi connectivity index (χ4n) is 2.87. The summed E-state index contributed by atoms with van der Waals surface area (Å²) in [7, 11) is 0. The lowest BCUT2D eigenvalue weighted by Gasteiger charge is -2.29. The minimum Gasteiger partial charge on any atom is -0.384 e. The zero-order chi connectivity index (χ0) is 13.9. The molecule has 1 saturated heterocycles. The van der Waals surface area contributed by atoms with E-state index >= 15 is 0 Å². The first-order valence-electron chi connectivity index (χ1n) is 7.11. The first kappa shape index (κ1) is 13.0. The van der Waals surface area contributed by atoms with E-state index in [1.807, 2.05) is 18.2 Å². The van der Waals surface area contributed by atoms with Crippen molar-refractivity contribution in [2.75, 3.05) is 31.5 Å². The highest BCUT2D eigenvalue weighted by molar-refractivity contribution is 5.87. The Morgan fingerprint density at radius 2 is 2.10 bits per heavy atom. The fourth-order valence-corrected chi connectivity index (χ4v) is 2.87. The van der Waals surface area contributed by atoms with Crippen LogP contribution < -0.4 is 10.6 Å². The second-order valence-electron chi connectivity index (χ2n) is 5.40. The van der Waals surface area contributed by atoms with Crippen molar-refractivity contribution in [1.29, 1.82) is 0 Å². The Hall–Kier alpha value is -2.04. The van der Waals surface area contributed by atoms with E-state index in [0.717, 1.165) is 18.5 Å². The molecule has 0 aromatic heterocycles. The highest BCUT2D eigenvalue weighted by Gasteiger charge is 2.29. The number of para-hydroxylation sites is 1. The Balaban J connectivity index is 1.70. The number of nitrogens with one attached hydrogen (secondary N) is 2. The molecule has 20 heavy (non-hydrogen) atoms. The quantitative estimate of drug-likeness (QED) is 0.788. The Morgan fingerprint density at radius 3 is 3.00 bits per heavy atom. The van der Waals surface area contributed by atoms with Gasteiger partial charge < -0.3 is 15.5 Å². The Kier molecular flexibility index (Phi) is 3.58. The molecule has 3 rings (SSSR count). The van der Waals surface area contributed by atoms with Gasteiger partial charge in [-0.1, -0.05) is 18.2 Å². The summed E-state index contributed by atoms with van der Waals surface area (Å²) in [6.45, 7) is 2.16. The van der Waals surface area contributed by atoms with Gasteiger partial charge in [0.05, 0.1) is 12.5 Å². The molecular formula is C15H19N3O2. The van der Waals surface area contributed by atoms with Crippen molar-refractivity contribution in [3.05, 3.63) is 29.8 Å². The summed E-state index contributed by atoms with van der Waals surface area (Å²) in [5, 5.41) is 6.11. The second kappa shape index (κ2) is 5.53. The summed E-state index contributed by atoms with van der Waals surface area (Å²) in [5.74, 6) is -0.0418. The predicted octanol–water partition coefficient (Wildman–Crippen LogP) is 0.619. The average Bonchev–Trinajstić information content (AvgIpc) is 2.70. The van der Waals surface area contributed by atoms with Crippen LogP contribution in [0, 0.1) is 5.92 Å². The molecule has 0 saturated carbocycles. The van der Waals surface area contributed by atoms with E-state index in [2.05, 4.69) is 16.7 Å². The molecule has 2 aliphatic heterocycles. The minimum absolute atomic E-state index is 0.0555. The third-order valence-corrected chi connectivity index (χ3v) is 3.94. The molecule has 1 fully saturated rings. The largest absolute Gasteiger partial charge is 0.384 e. The molecular weight excluding hydrogens is 254 g/mol. The third kappa shape index (κ3) is 2.61. The topological polar surface area (TPSA) is 61.4 Å². The van der Waals surface area contributed by atoms with E-state index in [0.29, 0.717) is 19.6 Å². The standard InChI is InChI=1S/C15H19N3O2/c19-14-10-18(7-3-6-16-14)15(20)12-8-11-4-1-2-5-13(11)17-9-12/h1-2,4-5,12,17H,3,6-10H2,(H,16,19). The van der Waals surface area contributed by atoms with Crippen molar-refractivity contribution < 1.29 is 9.59 Å². The van der Waals surface area contributed by atoms with Crippen LogP contribution in [0.15, 0.2) is 24.3 Å². The van der Waals surface area contributed by atoms with Crippen LogP contribution in [-0.2, 0) is 16.0 Å². The molecule has 1 aromatic rings. The number of nitrogens with zero attached hydrogens (tertiary/aromatic N) is 1. The second-order valence-corrected chi connectivity index (χ2v) is 5.40. The van der Waals surface area contributed by atoms with Crippen LogP contribution in [-0.4, -0.2) is 42.9 Å². The lowest BCUT2D eigenvalue weighted by molar-refractivity contribution is -0.138. The summed E-state index contributed by atoms with van der Waals surface area (Å²) in [6, 6.07) is 8.08. The van der Waals surface area contributed by atoms with Crippen molar-refractivity contribution in [2.24, 2.45) is 5.92 Å². The van der Waals surface area contributed by atoms with Gasteiger partial charge in [0.2, 0.25) is 11.8 Å². The van der Waals surface area contributed by atoms with Gasteiger partial charge in [-0.3, -0.25) is 9.59 Å². The van der Waals surface area contributed by atoms with Crippen LogP contribution >= 0.6 is 0 Å². The van der Waals surface area contributed by atoms with Gasteiger partial charge >= 0.3 is 0 Å². The number of benzene rings is 1. The van der Waals surface area contributed by atoms with Crippen LogP contribution in [0.2, 0.25) is 0 Å². The maximum Gasteiger partial charge on any atom is 0.239 e. The number of hydrogen-bond donors (Lipinski definition) is 2. The van der Waals surface area contributed by atoms with Crippen LogP contribution in [0.4, 0.5) is 5.69 Å². The number of hydrogen-bond acceptors (Lipinski definition) is 3. The van der Waals surface area contributed by atoms with E-state index < -0.39 is 0 Å². The fraction of sp³-hybridized carbons (Fsp3) is 0.467. The first-order chi connectivity index (χ1) is 9.74. The number of amides is 2. The lowest BCUT2D eigenvalue weighted by Crippen LogP contribution is -2.44. The van der Waals surface area contributed by atoms with Gasteiger partial charge in [-0.05, 0) is 24.5 Å². The Labute approximate surface area is 118 Å². The molecule has 2 N–H and O–H groups in total. The molecule has 2 heterocycles. The molecule has 0 aliphatic carbocycles. The molecule has 1 aromatic carbocycles. The number of fused-ring (bicyclic) bond motifs is 1. The van der Waals surface area contributed by atoms with Gasteiger partial charge in [-0.2, -0.15) is 0 Å². The molecule has 0 spiro atoms. The molecule has 2 aliphatic rings. The minimum atomic E-state index is -0.0733. The summed E-state index contributed by atoms with van der Waals surface area (Å²) in [4.78, 5) is 25.8. The van der Waals surface area contributed by atoms with Crippen molar-refractivity contribution in [3.8, 4) is 0 Å². The van der Waals surface area contributed by atoms with E-state index in [-0.39, 0.29) is 24.3 Å². The predicted molar refractivity (Wildman–Crippen MR) is 76.3 cm³/mol. The zero-order valence-electron chi connectivity index (χ0n) is 11.4. The van der Waals surface area contributed by atoms with Crippen molar-refractivity contribution in [1.82, 2.24) is 10.2 Å². The number of carbonyl (C=O) groups excluding carboxylic acids is 2. The number of anilines is 1. The molecule has 1 atom stereocenters. The van der Waals surface area contributed by atoms with Crippen molar-refractivity contribution in [3.63, 3.8) is 0 Å². The Bertz CT molecular complexity index is 530. The molecule has 0 bridgehead atoms. The van der Waals surface area contributed by atoms with Crippen molar-refractivity contribution in [2.45, 2.75) is 12.8 Å². The van der Waals surface area contributed by atoms with E-state index in [4.69, 9.17) is 0 Å². The number of carbonyl (C=O) groups is 2. The average molecular weight is 273 g/mol. The Morgan fingerprint density at radius 1 is 1.25 bits per heavy atom. The summed E-state index contributed by atoms with van der Waals surface area (Å²) in [6.07, 6.45) is 1.58. The van der Waals surface area contributed by atoms with Gasteiger partial charge in [0.15, 0.2) is 0 Å². The van der Waals surface area contributed by atoms with Crippen LogP contribution in [0.5, 0.6) is 0 Å².